The summed E-state index contributed by atoms with van der Waals surface area (Å²) in [4.78, 5) is 21.0. The summed E-state index contributed by atoms with van der Waals surface area (Å²) in [5.74, 6) is -1.90. The van der Waals surface area contributed by atoms with E-state index in [1.165, 1.54) is 6.92 Å². The fraction of sp³-hybridized carbons (Fsp3) is 0.600. The van der Waals surface area contributed by atoms with E-state index in [9.17, 15) is 14.2 Å². The van der Waals surface area contributed by atoms with Crippen molar-refractivity contribution in [3.05, 3.63) is 0 Å². The Labute approximate surface area is 64.2 Å². The van der Waals surface area contributed by atoms with E-state index in [0.717, 1.165) is 0 Å². The molecule has 0 aliphatic rings. The highest BCUT2D eigenvalue weighted by Gasteiger charge is 2.25. The Kier molecular flexibility index (Phi) is 4.57. The molecule has 0 saturated heterocycles. The molecule has 0 aliphatic heterocycles. The lowest BCUT2D eigenvalue weighted by Gasteiger charge is -1.86. The van der Waals surface area contributed by atoms with Crippen LogP contribution in [0, 0.1) is 0 Å². The fourth-order valence-corrected chi connectivity index (χ4v) is 0.661. The number of aliphatic hydroxyl groups is 1. The van der Waals surface area contributed by atoms with Gasteiger partial charge in [-0.2, -0.15) is 0 Å². The van der Waals surface area contributed by atoms with Crippen LogP contribution in [0.4, 0.5) is 0 Å². The molecule has 0 spiro atoms. The maximum absolute atomic E-state index is 10.5. The van der Waals surface area contributed by atoms with E-state index in [2.05, 4.69) is 4.52 Å². The molecule has 0 fully saturated rings. The molecule has 0 radical (unpaired) electrons. The molecular formula is C5H8O5P+. The number of Topliss-reactive ketones (excluding diaryl/α,β-unsaturated/α-hetero) is 1. The summed E-state index contributed by atoms with van der Waals surface area (Å²) in [6.07, 6.45) is -0.745. The van der Waals surface area contributed by atoms with Crippen molar-refractivity contribution in [1.82, 2.24) is 0 Å². The summed E-state index contributed by atoms with van der Waals surface area (Å²) in [6, 6.07) is 0. The molecule has 0 heterocycles. The molecule has 6 heteroatoms. The normalized spacial score (nSPS) is 10.5. The van der Waals surface area contributed by atoms with Gasteiger partial charge in [0.25, 0.3) is 6.35 Å². The second kappa shape index (κ2) is 4.93. The SMILES string of the molecule is CCC(=O)C(=O)O[P+](=O)CO. The number of ketones is 1. The lowest BCUT2D eigenvalue weighted by Crippen LogP contribution is -2.13. The molecule has 0 rings (SSSR count). The molecule has 0 aromatic carbocycles. The van der Waals surface area contributed by atoms with Gasteiger partial charge in [-0.15, -0.1) is 0 Å². The molecule has 1 unspecified atom stereocenters. The van der Waals surface area contributed by atoms with Crippen molar-refractivity contribution >= 4 is 19.8 Å². The van der Waals surface area contributed by atoms with Crippen molar-refractivity contribution in [2.24, 2.45) is 0 Å². The number of hydrogen-bond acceptors (Lipinski definition) is 5. The molecule has 0 bridgehead atoms. The molecule has 62 valence electrons. The Morgan fingerprint density at radius 3 is 2.45 bits per heavy atom. The largest absolute Gasteiger partial charge is 0.588 e. The first kappa shape index (κ1) is 10.2. The van der Waals surface area contributed by atoms with E-state index in [1.54, 1.807) is 0 Å². The van der Waals surface area contributed by atoms with Crippen LogP contribution >= 0.6 is 8.03 Å². The van der Waals surface area contributed by atoms with E-state index >= 15 is 0 Å². The third-order valence-corrected chi connectivity index (χ3v) is 1.45. The number of hydrogen-bond donors (Lipinski definition) is 1. The number of carbonyl (C=O) groups is 2. The summed E-state index contributed by atoms with van der Waals surface area (Å²) < 4.78 is 14.4. The molecule has 0 aromatic rings. The Bertz CT molecular complexity index is 187. The highest BCUT2D eigenvalue weighted by Crippen LogP contribution is 2.19. The van der Waals surface area contributed by atoms with Crippen LogP contribution in [0.15, 0.2) is 0 Å². The third-order valence-electron chi connectivity index (χ3n) is 0.849. The quantitative estimate of drug-likeness (QED) is 0.492. The Morgan fingerprint density at radius 1 is 1.55 bits per heavy atom. The van der Waals surface area contributed by atoms with E-state index in [4.69, 9.17) is 5.11 Å². The highest BCUT2D eigenvalue weighted by atomic mass is 31.1. The third kappa shape index (κ3) is 3.80. The van der Waals surface area contributed by atoms with Crippen LogP contribution in [0.2, 0.25) is 0 Å². The van der Waals surface area contributed by atoms with Crippen molar-refractivity contribution in [3.63, 3.8) is 0 Å². The lowest BCUT2D eigenvalue weighted by atomic mass is 10.3. The maximum atomic E-state index is 10.5. The molecule has 0 aromatic heterocycles. The first-order valence-electron chi connectivity index (χ1n) is 2.92. The molecule has 1 N–H and O–H groups in total. The van der Waals surface area contributed by atoms with Crippen LogP contribution in [0.5, 0.6) is 0 Å². The van der Waals surface area contributed by atoms with Crippen LogP contribution in [0.25, 0.3) is 0 Å². The van der Waals surface area contributed by atoms with Gasteiger partial charge >= 0.3 is 14.0 Å². The molecule has 0 amide bonds. The van der Waals surface area contributed by atoms with Crippen molar-refractivity contribution < 1.29 is 23.8 Å². The van der Waals surface area contributed by atoms with Gasteiger partial charge < -0.3 is 5.11 Å². The minimum atomic E-state index is -2.42. The zero-order chi connectivity index (χ0) is 8.85. The molecule has 5 nitrogen and oxygen atoms in total. The van der Waals surface area contributed by atoms with E-state index in [1.807, 2.05) is 0 Å². The first-order chi connectivity index (χ1) is 5.11. The van der Waals surface area contributed by atoms with Gasteiger partial charge in [0, 0.05) is 6.42 Å². The van der Waals surface area contributed by atoms with Gasteiger partial charge in [0.1, 0.15) is 0 Å². The minimum absolute atomic E-state index is 0.00738. The van der Waals surface area contributed by atoms with Crippen molar-refractivity contribution in [2.45, 2.75) is 13.3 Å². The Balaban J connectivity index is 3.88. The molecule has 1 atom stereocenters. The van der Waals surface area contributed by atoms with E-state index in [-0.39, 0.29) is 6.42 Å². The molecule has 11 heavy (non-hydrogen) atoms. The van der Waals surface area contributed by atoms with Crippen molar-refractivity contribution in [2.75, 3.05) is 6.35 Å². The predicted molar refractivity (Wildman–Crippen MR) is 36.1 cm³/mol. The topological polar surface area (TPSA) is 80.7 Å². The van der Waals surface area contributed by atoms with E-state index in [0.29, 0.717) is 0 Å². The van der Waals surface area contributed by atoms with Crippen LogP contribution in [-0.4, -0.2) is 23.2 Å². The van der Waals surface area contributed by atoms with Crippen LogP contribution < -0.4 is 0 Å². The highest BCUT2D eigenvalue weighted by molar-refractivity contribution is 7.39. The molecular weight excluding hydrogens is 171 g/mol. The van der Waals surface area contributed by atoms with Gasteiger partial charge in [0.05, 0.1) is 0 Å². The fourth-order valence-electron chi connectivity index (χ4n) is 0.317. The van der Waals surface area contributed by atoms with Gasteiger partial charge in [-0.25, -0.2) is 9.32 Å². The summed E-state index contributed by atoms with van der Waals surface area (Å²) in [5.41, 5.74) is 0. The van der Waals surface area contributed by atoms with Gasteiger partial charge in [-0.05, 0) is 4.57 Å². The smallest absolute Gasteiger partial charge is 0.350 e. The molecule has 0 aliphatic carbocycles. The van der Waals surface area contributed by atoms with Crippen LogP contribution in [0.3, 0.4) is 0 Å². The van der Waals surface area contributed by atoms with Gasteiger partial charge in [-0.3, -0.25) is 4.79 Å². The zero-order valence-electron chi connectivity index (χ0n) is 5.94. The second-order valence-electron chi connectivity index (χ2n) is 1.63. The predicted octanol–water partition coefficient (Wildman–Crippen LogP) is 0.201. The zero-order valence-corrected chi connectivity index (χ0v) is 6.84. The van der Waals surface area contributed by atoms with Crippen molar-refractivity contribution in [3.8, 4) is 0 Å². The minimum Gasteiger partial charge on any atom is -0.350 e. The molecule has 0 saturated carbocycles. The van der Waals surface area contributed by atoms with Crippen LogP contribution in [-0.2, 0) is 18.7 Å². The first-order valence-corrected chi connectivity index (χ1v) is 4.28. The standard InChI is InChI=1S/C5H8O5P/c1-2-4(7)5(8)10-11(9)3-6/h6H,2-3H2,1H3/q+1. The number of aliphatic hydroxyl groups excluding tert-OH is 1. The summed E-state index contributed by atoms with van der Waals surface area (Å²) in [7, 11) is -2.42. The average molecular weight is 179 g/mol. The van der Waals surface area contributed by atoms with Gasteiger partial charge in [0.2, 0.25) is 5.78 Å². The van der Waals surface area contributed by atoms with Crippen molar-refractivity contribution in [1.29, 1.82) is 0 Å². The summed E-state index contributed by atoms with van der Waals surface area (Å²) >= 11 is 0. The van der Waals surface area contributed by atoms with E-state index < -0.39 is 26.1 Å². The second-order valence-corrected chi connectivity index (χ2v) is 2.76. The maximum Gasteiger partial charge on any atom is 0.588 e. The number of carbonyl (C=O) groups excluding carboxylic acids is 2. The Hall–Kier alpha value is -0.800. The average Bonchev–Trinajstić information content (AvgIpc) is 2.02. The number of rotatable bonds is 4. The van der Waals surface area contributed by atoms with Gasteiger partial charge in [-0.1, -0.05) is 6.92 Å². The van der Waals surface area contributed by atoms with Crippen LogP contribution in [0.1, 0.15) is 13.3 Å². The Morgan fingerprint density at radius 2 is 2.09 bits per heavy atom. The van der Waals surface area contributed by atoms with Gasteiger partial charge in [0.15, 0.2) is 0 Å². The monoisotopic (exact) mass is 179 g/mol. The summed E-state index contributed by atoms with van der Waals surface area (Å²) in [6.45, 7) is 1.48. The lowest BCUT2D eigenvalue weighted by molar-refractivity contribution is -0.146. The summed E-state index contributed by atoms with van der Waals surface area (Å²) in [5, 5.41) is 8.17.